The molecule has 2 aromatic heterocycles. The Balaban J connectivity index is 1.85. The Morgan fingerprint density at radius 2 is 1.77 bits per heavy atom. The lowest BCUT2D eigenvalue weighted by molar-refractivity contribution is 0.0690. The van der Waals surface area contributed by atoms with Crippen molar-refractivity contribution in [3.63, 3.8) is 0 Å². The molecule has 4 N–H and O–H groups in total. The number of nitrogen functional groups attached to an aromatic ring is 1. The molecule has 3 rings (SSSR count). The van der Waals surface area contributed by atoms with Gasteiger partial charge >= 0.3 is 5.97 Å². The number of carbonyl (C=O) groups is 2. The minimum absolute atomic E-state index is 0.00604. The molecule has 2 heterocycles. The summed E-state index contributed by atoms with van der Waals surface area (Å²) in [6.45, 7) is 1.97. The molecule has 3 aromatic rings. The largest absolute Gasteiger partial charge is 0.477 e. The topological polar surface area (TPSA) is 131 Å². The van der Waals surface area contributed by atoms with Gasteiger partial charge in [0.05, 0.1) is 23.8 Å². The smallest absolute Gasteiger partial charge is 0.354 e. The van der Waals surface area contributed by atoms with E-state index in [4.69, 9.17) is 10.8 Å². The molecule has 26 heavy (non-hydrogen) atoms. The monoisotopic (exact) mass is 349 g/mol. The van der Waals surface area contributed by atoms with Crippen molar-refractivity contribution in [1.29, 1.82) is 0 Å². The minimum Gasteiger partial charge on any atom is -0.477 e. The van der Waals surface area contributed by atoms with Crippen LogP contribution in [0.1, 0.15) is 26.5 Å². The zero-order chi connectivity index (χ0) is 18.7. The number of benzene rings is 1. The van der Waals surface area contributed by atoms with E-state index >= 15 is 0 Å². The van der Waals surface area contributed by atoms with Gasteiger partial charge in [0.2, 0.25) is 0 Å². The molecule has 0 atom stereocenters. The maximum Gasteiger partial charge on any atom is 0.354 e. The molecule has 130 valence electrons. The first-order chi connectivity index (χ1) is 12.4. The summed E-state index contributed by atoms with van der Waals surface area (Å²) in [6, 6.07) is 10.3. The number of aryl methyl sites for hydroxylation is 1. The van der Waals surface area contributed by atoms with Crippen molar-refractivity contribution < 1.29 is 14.7 Å². The summed E-state index contributed by atoms with van der Waals surface area (Å²) in [5.74, 6) is -1.72. The summed E-state index contributed by atoms with van der Waals surface area (Å²) < 4.78 is 0. The average molecular weight is 349 g/mol. The van der Waals surface area contributed by atoms with Gasteiger partial charge in [-0.05, 0) is 19.1 Å². The van der Waals surface area contributed by atoms with E-state index in [0.29, 0.717) is 11.4 Å². The Bertz CT molecular complexity index is 969. The van der Waals surface area contributed by atoms with E-state index in [0.717, 1.165) is 11.1 Å². The highest BCUT2D eigenvalue weighted by Crippen LogP contribution is 2.19. The van der Waals surface area contributed by atoms with E-state index in [1.807, 2.05) is 31.2 Å². The van der Waals surface area contributed by atoms with Crippen LogP contribution in [0.5, 0.6) is 0 Å². The number of nitrogens with one attached hydrogen (secondary N) is 1. The number of aromatic carboxylic acids is 1. The van der Waals surface area contributed by atoms with Gasteiger partial charge in [-0.1, -0.05) is 29.8 Å². The van der Waals surface area contributed by atoms with Gasteiger partial charge in [-0.2, -0.15) is 0 Å². The van der Waals surface area contributed by atoms with Crippen LogP contribution in [-0.2, 0) is 0 Å². The second kappa shape index (κ2) is 6.98. The quantitative estimate of drug-likeness (QED) is 0.659. The SMILES string of the molecule is Cc1ccc(-c2cnc(N)c(C(=O)Nc3ccc(C(=O)O)nc3)n2)cc1. The molecule has 0 saturated heterocycles. The van der Waals surface area contributed by atoms with Gasteiger partial charge in [-0.25, -0.2) is 19.7 Å². The highest BCUT2D eigenvalue weighted by atomic mass is 16.4. The minimum atomic E-state index is -1.15. The number of anilines is 2. The molecular weight excluding hydrogens is 334 g/mol. The number of pyridine rings is 1. The fraction of sp³-hybridized carbons (Fsp3) is 0.0556. The van der Waals surface area contributed by atoms with Gasteiger partial charge in [0, 0.05) is 5.56 Å². The molecule has 8 nitrogen and oxygen atoms in total. The van der Waals surface area contributed by atoms with Crippen LogP contribution in [0.15, 0.2) is 48.8 Å². The van der Waals surface area contributed by atoms with E-state index in [-0.39, 0.29) is 17.2 Å². The van der Waals surface area contributed by atoms with Crippen molar-refractivity contribution in [1.82, 2.24) is 15.0 Å². The maximum absolute atomic E-state index is 12.5. The average Bonchev–Trinajstić information content (AvgIpc) is 2.63. The lowest BCUT2D eigenvalue weighted by Crippen LogP contribution is -2.17. The van der Waals surface area contributed by atoms with E-state index in [1.165, 1.54) is 24.5 Å². The lowest BCUT2D eigenvalue weighted by atomic mass is 10.1. The van der Waals surface area contributed by atoms with Gasteiger partial charge in [-0.3, -0.25) is 4.79 Å². The van der Waals surface area contributed by atoms with Crippen molar-refractivity contribution in [2.24, 2.45) is 0 Å². The summed E-state index contributed by atoms with van der Waals surface area (Å²) in [4.78, 5) is 35.3. The number of carbonyl (C=O) groups excluding carboxylic acids is 1. The summed E-state index contributed by atoms with van der Waals surface area (Å²) in [7, 11) is 0. The summed E-state index contributed by atoms with van der Waals surface area (Å²) >= 11 is 0. The highest BCUT2D eigenvalue weighted by molar-refractivity contribution is 6.06. The van der Waals surface area contributed by atoms with E-state index in [9.17, 15) is 9.59 Å². The first-order valence-electron chi connectivity index (χ1n) is 7.64. The van der Waals surface area contributed by atoms with Crippen molar-refractivity contribution in [2.45, 2.75) is 6.92 Å². The lowest BCUT2D eigenvalue weighted by Gasteiger charge is -2.08. The van der Waals surface area contributed by atoms with Gasteiger partial charge in [-0.15, -0.1) is 0 Å². The van der Waals surface area contributed by atoms with Crippen molar-refractivity contribution in [2.75, 3.05) is 11.1 Å². The van der Waals surface area contributed by atoms with Crippen LogP contribution in [0.4, 0.5) is 11.5 Å². The number of nitrogens with zero attached hydrogens (tertiary/aromatic N) is 3. The normalized spacial score (nSPS) is 10.3. The number of hydrogen-bond acceptors (Lipinski definition) is 6. The number of carboxylic acid groups (broad SMARTS) is 1. The second-order valence-electron chi connectivity index (χ2n) is 5.55. The molecule has 0 unspecified atom stereocenters. The Morgan fingerprint density at radius 1 is 1.04 bits per heavy atom. The van der Waals surface area contributed by atoms with Crippen LogP contribution in [0.3, 0.4) is 0 Å². The Hall–Kier alpha value is -3.81. The van der Waals surface area contributed by atoms with Crippen molar-refractivity contribution >= 4 is 23.4 Å². The van der Waals surface area contributed by atoms with Crippen molar-refractivity contribution in [3.8, 4) is 11.3 Å². The number of hydrogen-bond donors (Lipinski definition) is 3. The Labute approximate surface area is 148 Å². The maximum atomic E-state index is 12.5. The number of carboxylic acids is 1. The predicted octanol–water partition coefficient (Wildman–Crippen LogP) is 2.38. The van der Waals surface area contributed by atoms with E-state index in [2.05, 4.69) is 20.3 Å². The molecule has 0 aliphatic carbocycles. The molecule has 0 spiro atoms. The molecule has 0 bridgehead atoms. The molecule has 0 saturated carbocycles. The van der Waals surface area contributed by atoms with Gasteiger partial charge in [0.15, 0.2) is 11.5 Å². The fourth-order valence-electron chi connectivity index (χ4n) is 2.21. The summed E-state index contributed by atoms with van der Waals surface area (Å²) in [5.41, 5.74) is 8.39. The van der Waals surface area contributed by atoms with Gasteiger partial charge < -0.3 is 16.2 Å². The molecule has 1 aromatic carbocycles. The molecule has 0 fully saturated rings. The van der Waals surface area contributed by atoms with E-state index < -0.39 is 11.9 Å². The molecule has 0 aliphatic rings. The standard InChI is InChI=1S/C18H15N5O3/c1-10-2-4-11(5-3-10)14-9-21-16(19)15(23-14)17(24)22-12-6-7-13(18(25)26)20-8-12/h2-9H,1H3,(H2,19,21)(H,22,24)(H,25,26). The van der Waals surface area contributed by atoms with Crippen LogP contribution in [-0.4, -0.2) is 31.9 Å². The third kappa shape index (κ3) is 3.64. The molecule has 0 radical (unpaired) electrons. The summed E-state index contributed by atoms with van der Waals surface area (Å²) in [6.07, 6.45) is 2.74. The van der Waals surface area contributed by atoms with Crippen LogP contribution in [0, 0.1) is 6.92 Å². The zero-order valence-corrected chi connectivity index (χ0v) is 13.8. The molecule has 0 aliphatic heterocycles. The Kier molecular flexibility index (Phi) is 4.57. The fourth-order valence-corrected chi connectivity index (χ4v) is 2.21. The van der Waals surface area contributed by atoms with Crippen molar-refractivity contribution in [3.05, 3.63) is 65.7 Å². The number of nitrogens with two attached hydrogens (primary N) is 1. The number of rotatable bonds is 4. The number of amides is 1. The second-order valence-corrected chi connectivity index (χ2v) is 5.55. The van der Waals surface area contributed by atoms with Gasteiger partial charge in [0.25, 0.3) is 5.91 Å². The van der Waals surface area contributed by atoms with Crippen LogP contribution in [0.2, 0.25) is 0 Å². The van der Waals surface area contributed by atoms with E-state index in [1.54, 1.807) is 0 Å². The first-order valence-corrected chi connectivity index (χ1v) is 7.64. The van der Waals surface area contributed by atoms with Gasteiger partial charge in [0.1, 0.15) is 5.69 Å². The first kappa shape index (κ1) is 17.0. The number of aromatic nitrogens is 3. The third-order valence-corrected chi connectivity index (χ3v) is 3.60. The molecule has 1 amide bonds. The van der Waals surface area contributed by atoms with Crippen LogP contribution < -0.4 is 11.1 Å². The van der Waals surface area contributed by atoms with Crippen LogP contribution >= 0.6 is 0 Å². The zero-order valence-electron chi connectivity index (χ0n) is 13.8. The Morgan fingerprint density at radius 3 is 2.38 bits per heavy atom. The van der Waals surface area contributed by atoms with Crippen LogP contribution in [0.25, 0.3) is 11.3 Å². The highest BCUT2D eigenvalue weighted by Gasteiger charge is 2.15. The molecule has 8 heteroatoms. The molecular formula is C18H15N5O3. The third-order valence-electron chi connectivity index (χ3n) is 3.60. The predicted molar refractivity (Wildman–Crippen MR) is 95.8 cm³/mol. The summed E-state index contributed by atoms with van der Waals surface area (Å²) in [5, 5.41) is 11.4.